The Kier molecular flexibility index (Phi) is 6.38. The Bertz CT molecular complexity index is 921. The molecule has 0 aromatic carbocycles. The number of hydrogen-bond acceptors (Lipinski definition) is 7. The second-order valence-corrected chi connectivity index (χ2v) is 8.36. The van der Waals surface area contributed by atoms with E-state index in [1.807, 2.05) is 25.3 Å². The lowest BCUT2D eigenvalue weighted by Gasteiger charge is -2.27. The summed E-state index contributed by atoms with van der Waals surface area (Å²) in [6.07, 6.45) is 8.50. The molecule has 2 unspecified atom stereocenters. The fourth-order valence-electron chi connectivity index (χ4n) is 4.45. The number of fused-ring (bicyclic) bond motifs is 1. The Hall–Kier alpha value is -2.80. The minimum atomic E-state index is 0.312. The van der Waals surface area contributed by atoms with Gasteiger partial charge in [-0.15, -0.1) is 0 Å². The van der Waals surface area contributed by atoms with E-state index in [2.05, 4.69) is 32.0 Å². The molecule has 2 atom stereocenters. The van der Waals surface area contributed by atoms with E-state index in [1.54, 1.807) is 6.20 Å². The van der Waals surface area contributed by atoms with Gasteiger partial charge in [-0.25, -0.2) is 9.97 Å². The first-order valence-electron chi connectivity index (χ1n) is 10.7. The summed E-state index contributed by atoms with van der Waals surface area (Å²) >= 11 is 0. The molecular formula is C23H30N6O. The van der Waals surface area contributed by atoms with Crippen molar-refractivity contribution in [2.24, 2.45) is 17.0 Å². The number of aryl methyl sites for hydroxylation is 1. The van der Waals surface area contributed by atoms with Crippen molar-refractivity contribution in [1.82, 2.24) is 20.3 Å². The summed E-state index contributed by atoms with van der Waals surface area (Å²) in [6, 6.07) is 3.99. The molecule has 0 bridgehead atoms. The van der Waals surface area contributed by atoms with Crippen molar-refractivity contribution in [2.45, 2.75) is 39.0 Å². The van der Waals surface area contributed by atoms with E-state index >= 15 is 0 Å². The van der Waals surface area contributed by atoms with Gasteiger partial charge in [0.15, 0.2) is 0 Å². The number of allylic oxidation sites excluding steroid dienone is 1. The summed E-state index contributed by atoms with van der Waals surface area (Å²) in [4.78, 5) is 18.9. The number of nitrogens with two attached hydrogens (primary N) is 1. The molecule has 158 valence electrons. The standard InChI is InChI=1S/C23H30N6O/c1-15(19-6-4-8-26-13-19)9-18-10-20-22(16(2)27-23(24)28-20)21(11-18)29-30-14-17-5-3-7-25-12-17/h4,6,8,13,17-18,25H,1,3,5,7,9-12,14H2,2H3,(H2,24,27,28). The minimum Gasteiger partial charge on any atom is -0.395 e. The van der Waals surface area contributed by atoms with Gasteiger partial charge in [-0.3, -0.25) is 4.98 Å². The van der Waals surface area contributed by atoms with Crippen molar-refractivity contribution in [1.29, 1.82) is 0 Å². The SMILES string of the molecule is C=C(CC1CC(=NOCC2CCCNC2)c2c(C)nc(N)nc2C1)c1cccnc1. The van der Waals surface area contributed by atoms with Crippen molar-refractivity contribution in [2.75, 3.05) is 25.4 Å². The van der Waals surface area contributed by atoms with E-state index < -0.39 is 0 Å². The second-order valence-electron chi connectivity index (χ2n) is 8.36. The highest BCUT2D eigenvalue weighted by Gasteiger charge is 2.29. The summed E-state index contributed by atoms with van der Waals surface area (Å²) in [5.41, 5.74) is 11.8. The van der Waals surface area contributed by atoms with Crippen LogP contribution in [0.25, 0.3) is 5.57 Å². The highest BCUT2D eigenvalue weighted by Crippen LogP contribution is 2.33. The van der Waals surface area contributed by atoms with Gasteiger partial charge in [-0.05, 0) is 68.7 Å². The monoisotopic (exact) mass is 406 g/mol. The number of nitrogen functional groups attached to an aromatic ring is 1. The second kappa shape index (κ2) is 9.34. The zero-order valence-corrected chi connectivity index (χ0v) is 17.6. The van der Waals surface area contributed by atoms with Crippen LogP contribution in [0.15, 0.2) is 36.3 Å². The third kappa shape index (κ3) is 4.84. The highest BCUT2D eigenvalue weighted by atomic mass is 16.6. The predicted octanol–water partition coefficient (Wildman–Crippen LogP) is 3.15. The van der Waals surface area contributed by atoms with Crippen LogP contribution in [0.2, 0.25) is 0 Å². The van der Waals surface area contributed by atoms with E-state index in [0.717, 1.165) is 66.2 Å². The van der Waals surface area contributed by atoms with Crippen LogP contribution >= 0.6 is 0 Å². The number of piperidine rings is 1. The van der Waals surface area contributed by atoms with Crippen LogP contribution in [0, 0.1) is 18.8 Å². The van der Waals surface area contributed by atoms with Crippen LogP contribution in [0.4, 0.5) is 5.95 Å². The number of aromatic nitrogens is 3. The van der Waals surface area contributed by atoms with Crippen molar-refractivity contribution in [3.63, 3.8) is 0 Å². The molecule has 3 heterocycles. The zero-order valence-electron chi connectivity index (χ0n) is 17.6. The number of hydrogen-bond donors (Lipinski definition) is 2. The third-order valence-corrected chi connectivity index (χ3v) is 5.92. The molecule has 1 aliphatic heterocycles. The van der Waals surface area contributed by atoms with Gasteiger partial charge in [0, 0.05) is 30.4 Å². The number of anilines is 1. The fraction of sp³-hybridized carbons (Fsp3) is 0.478. The molecule has 1 aliphatic carbocycles. The molecule has 0 radical (unpaired) electrons. The van der Waals surface area contributed by atoms with Gasteiger partial charge in [-0.2, -0.15) is 0 Å². The molecule has 0 amide bonds. The third-order valence-electron chi connectivity index (χ3n) is 5.92. The molecule has 2 aromatic rings. The van der Waals surface area contributed by atoms with Gasteiger partial charge < -0.3 is 15.9 Å². The van der Waals surface area contributed by atoms with Gasteiger partial charge in [0.2, 0.25) is 5.95 Å². The van der Waals surface area contributed by atoms with Gasteiger partial charge in [-0.1, -0.05) is 17.8 Å². The van der Waals surface area contributed by atoms with Gasteiger partial charge >= 0.3 is 0 Å². The quantitative estimate of drug-likeness (QED) is 0.715. The van der Waals surface area contributed by atoms with Crippen LogP contribution in [0.1, 0.15) is 48.2 Å². The molecule has 7 heteroatoms. The summed E-state index contributed by atoms with van der Waals surface area (Å²) < 4.78 is 0. The maximum Gasteiger partial charge on any atom is 0.220 e. The molecule has 7 nitrogen and oxygen atoms in total. The van der Waals surface area contributed by atoms with Crippen LogP contribution in [-0.2, 0) is 11.3 Å². The van der Waals surface area contributed by atoms with E-state index in [9.17, 15) is 0 Å². The van der Waals surface area contributed by atoms with E-state index in [-0.39, 0.29) is 0 Å². The number of rotatable bonds is 6. The van der Waals surface area contributed by atoms with E-state index in [4.69, 9.17) is 10.6 Å². The summed E-state index contributed by atoms with van der Waals surface area (Å²) in [5.74, 6) is 1.15. The smallest absolute Gasteiger partial charge is 0.220 e. The predicted molar refractivity (Wildman–Crippen MR) is 119 cm³/mol. The normalized spacial score (nSPS) is 22.5. The number of nitrogens with zero attached hydrogens (tertiary/aromatic N) is 4. The Morgan fingerprint density at radius 2 is 2.23 bits per heavy atom. The molecule has 1 fully saturated rings. The molecule has 30 heavy (non-hydrogen) atoms. The molecule has 3 N–H and O–H groups in total. The van der Waals surface area contributed by atoms with Crippen LogP contribution < -0.4 is 11.1 Å². The fourth-order valence-corrected chi connectivity index (χ4v) is 4.45. The zero-order chi connectivity index (χ0) is 20.9. The van der Waals surface area contributed by atoms with Crippen molar-refractivity contribution in [3.8, 4) is 0 Å². The average Bonchev–Trinajstić information content (AvgIpc) is 2.74. The molecule has 2 aliphatic rings. The lowest BCUT2D eigenvalue weighted by molar-refractivity contribution is 0.0958. The number of oxime groups is 1. The maximum absolute atomic E-state index is 5.94. The molecular weight excluding hydrogens is 376 g/mol. The highest BCUT2D eigenvalue weighted by molar-refractivity contribution is 6.03. The van der Waals surface area contributed by atoms with Crippen molar-refractivity contribution < 1.29 is 4.84 Å². The lowest BCUT2D eigenvalue weighted by atomic mass is 9.80. The largest absolute Gasteiger partial charge is 0.395 e. The van der Waals surface area contributed by atoms with Crippen LogP contribution in [0.5, 0.6) is 0 Å². The average molecular weight is 407 g/mol. The van der Waals surface area contributed by atoms with E-state index in [1.165, 1.54) is 12.8 Å². The maximum atomic E-state index is 5.94. The van der Waals surface area contributed by atoms with Gasteiger partial charge in [0.1, 0.15) is 6.61 Å². The Morgan fingerprint density at radius 3 is 3.00 bits per heavy atom. The van der Waals surface area contributed by atoms with Crippen molar-refractivity contribution >= 4 is 17.2 Å². The molecule has 0 spiro atoms. The van der Waals surface area contributed by atoms with E-state index in [0.29, 0.717) is 24.4 Å². The number of pyridine rings is 1. The minimum absolute atomic E-state index is 0.312. The van der Waals surface area contributed by atoms with Gasteiger partial charge in [0.25, 0.3) is 0 Å². The molecule has 4 rings (SSSR count). The first kappa shape index (κ1) is 20.5. The summed E-state index contributed by atoms with van der Waals surface area (Å²) in [7, 11) is 0. The summed E-state index contributed by atoms with van der Waals surface area (Å²) in [5, 5.41) is 7.99. The Morgan fingerprint density at radius 1 is 1.33 bits per heavy atom. The summed E-state index contributed by atoms with van der Waals surface area (Å²) in [6.45, 7) is 8.97. The Balaban J connectivity index is 1.52. The van der Waals surface area contributed by atoms with Crippen LogP contribution in [-0.4, -0.2) is 40.4 Å². The van der Waals surface area contributed by atoms with Crippen LogP contribution in [0.3, 0.4) is 0 Å². The van der Waals surface area contributed by atoms with Gasteiger partial charge in [0.05, 0.1) is 17.1 Å². The Labute approximate surface area is 177 Å². The topological polar surface area (TPSA) is 98.3 Å². The first-order chi connectivity index (χ1) is 14.6. The lowest BCUT2D eigenvalue weighted by Crippen LogP contribution is -2.32. The molecule has 1 saturated heterocycles. The molecule has 2 aromatic heterocycles. The van der Waals surface area contributed by atoms with Crippen molar-refractivity contribution in [3.05, 3.63) is 53.6 Å². The first-order valence-corrected chi connectivity index (χ1v) is 10.7. The molecule has 0 saturated carbocycles. The number of nitrogens with one attached hydrogen (secondary N) is 1.